The topological polar surface area (TPSA) is 63.8 Å². The molecule has 0 bridgehead atoms. The Bertz CT molecular complexity index is 496. The molecule has 0 spiro atoms. The lowest BCUT2D eigenvalue weighted by Crippen LogP contribution is -2.15. The highest BCUT2D eigenvalue weighted by molar-refractivity contribution is 5.50. The smallest absolute Gasteiger partial charge is 0.249 e. The summed E-state index contributed by atoms with van der Waals surface area (Å²) in [5.74, 6) is 0.345. The van der Waals surface area contributed by atoms with E-state index >= 15 is 0 Å². The number of nitrogens with zero attached hydrogens (tertiary/aromatic N) is 3. The van der Waals surface area contributed by atoms with Gasteiger partial charge in [0, 0.05) is 6.20 Å². The maximum atomic E-state index is 13.0. The van der Waals surface area contributed by atoms with Crippen molar-refractivity contribution in [2.24, 2.45) is 0 Å². The Morgan fingerprint density at radius 3 is 2.88 bits per heavy atom. The van der Waals surface area contributed by atoms with Gasteiger partial charge >= 0.3 is 0 Å². The number of halogens is 1. The Morgan fingerprint density at radius 2 is 2.24 bits per heavy atom. The third-order valence-electron chi connectivity index (χ3n) is 2.45. The third kappa shape index (κ3) is 2.47. The van der Waals surface area contributed by atoms with Crippen molar-refractivity contribution < 1.29 is 8.81 Å². The highest BCUT2D eigenvalue weighted by Gasteiger charge is 2.16. The number of aromatic nitrogens is 3. The van der Waals surface area contributed by atoms with Crippen molar-refractivity contribution in [2.45, 2.75) is 19.4 Å². The van der Waals surface area contributed by atoms with Crippen molar-refractivity contribution in [3.05, 3.63) is 30.2 Å². The molecule has 17 heavy (non-hydrogen) atoms. The Balaban J connectivity index is 2.29. The molecule has 0 radical (unpaired) electrons. The van der Waals surface area contributed by atoms with Gasteiger partial charge in [-0.1, -0.05) is 6.92 Å². The summed E-state index contributed by atoms with van der Waals surface area (Å²) in [5.41, 5.74) is 0.481. The van der Waals surface area contributed by atoms with E-state index in [1.54, 1.807) is 0 Å². The molecular weight excluding hydrogens is 223 g/mol. The van der Waals surface area contributed by atoms with E-state index in [4.69, 9.17) is 4.42 Å². The zero-order valence-corrected chi connectivity index (χ0v) is 9.64. The molecule has 2 heterocycles. The number of hydrogen-bond acceptors (Lipinski definition) is 5. The van der Waals surface area contributed by atoms with E-state index in [0.717, 1.165) is 12.6 Å². The van der Waals surface area contributed by atoms with Crippen LogP contribution in [0.15, 0.2) is 22.9 Å². The predicted molar refractivity (Wildman–Crippen MR) is 59.6 cm³/mol. The molecular formula is C11H13FN4O. The normalized spacial score (nSPS) is 12.6. The summed E-state index contributed by atoms with van der Waals surface area (Å²) in [7, 11) is 1.82. The lowest BCUT2D eigenvalue weighted by molar-refractivity contribution is 0.415. The Morgan fingerprint density at radius 1 is 1.41 bits per heavy atom. The van der Waals surface area contributed by atoms with Crippen LogP contribution in [0.3, 0.4) is 0 Å². The van der Waals surface area contributed by atoms with E-state index in [1.807, 2.05) is 14.0 Å². The first-order valence-corrected chi connectivity index (χ1v) is 5.36. The van der Waals surface area contributed by atoms with Gasteiger partial charge in [0.25, 0.3) is 0 Å². The average Bonchev–Trinajstić information content (AvgIpc) is 2.80. The maximum Gasteiger partial charge on any atom is 0.249 e. The van der Waals surface area contributed by atoms with Crippen LogP contribution in [0.25, 0.3) is 11.5 Å². The molecule has 90 valence electrons. The number of nitrogens with one attached hydrogen (secondary N) is 1. The van der Waals surface area contributed by atoms with Crippen LogP contribution in [0.5, 0.6) is 0 Å². The molecule has 1 atom stereocenters. The lowest BCUT2D eigenvalue weighted by Gasteiger charge is -2.07. The van der Waals surface area contributed by atoms with Crippen molar-refractivity contribution >= 4 is 0 Å². The summed E-state index contributed by atoms with van der Waals surface area (Å²) in [6.45, 7) is 2.01. The van der Waals surface area contributed by atoms with Gasteiger partial charge < -0.3 is 9.73 Å². The second kappa shape index (κ2) is 5.01. The molecule has 0 saturated heterocycles. The van der Waals surface area contributed by atoms with E-state index in [9.17, 15) is 4.39 Å². The number of hydrogen-bond donors (Lipinski definition) is 1. The van der Waals surface area contributed by atoms with Crippen molar-refractivity contribution in [1.29, 1.82) is 0 Å². The SMILES string of the molecule is CCC(NC)c1nnc(-c2cncc(F)c2)o1. The molecule has 0 saturated carbocycles. The predicted octanol–water partition coefficient (Wildman–Crippen LogP) is 1.94. The minimum Gasteiger partial charge on any atom is -0.419 e. The van der Waals surface area contributed by atoms with Gasteiger partial charge in [0.2, 0.25) is 11.8 Å². The van der Waals surface area contributed by atoms with Crippen molar-refractivity contribution in [2.75, 3.05) is 7.05 Å². The van der Waals surface area contributed by atoms with Gasteiger partial charge in [0.15, 0.2) is 0 Å². The van der Waals surface area contributed by atoms with Crippen LogP contribution >= 0.6 is 0 Å². The second-order valence-electron chi connectivity index (χ2n) is 3.59. The van der Waals surface area contributed by atoms with Gasteiger partial charge in [-0.05, 0) is 19.5 Å². The summed E-state index contributed by atoms with van der Waals surface area (Å²) < 4.78 is 18.5. The Labute approximate surface area is 98.1 Å². The fraction of sp³-hybridized carbons (Fsp3) is 0.364. The minimum atomic E-state index is -0.428. The van der Waals surface area contributed by atoms with Gasteiger partial charge in [-0.25, -0.2) is 4.39 Å². The molecule has 5 nitrogen and oxygen atoms in total. The average molecular weight is 236 g/mol. The summed E-state index contributed by atoms with van der Waals surface area (Å²) >= 11 is 0. The van der Waals surface area contributed by atoms with Crippen molar-refractivity contribution in [1.82, 2.24) is 20.5 Å². The zero-order chi connectivity index (χ0) is 12.3. The highest BCUT2D eigenvalue weighted by atomic mass is 19.1. The molecule has 2 aromatic rings. The molecule has 2 rings (SSSR count). The van der Waals surface area contributed by atoms with Crippen LogP contribution in [0.4, 0.5) is 4.39 Å². The first-order valence-electron chi connectivity index (χ1n) is 5.36. The molecule has 0 amide bonds. The Hall–Kier alpha value is -1.82. The fourth-order valence-electron chi connectivity index (χ4n) is 1.52. The van der Waals surface area contributed by atoms with Crippen LogP contribution in [0.2, 0.25) is 0 Å². The van der Waals surface area contributed by atoms with Crippen LogP contribution in [-0.4, -0.2) is 22.2 Å². The molecule has 0 aliphatic heterocycles. The lowest BCUT2D eigenvalue weighted by atomic mass is 10.2. The molecule has 0 aliphatic carbocycles. The van der Waals surface area contributed by atoms with Gasteiger partial charge in [0.1, 0.15) is 5.82 Å². The van der Waals surface area contributed by atoms with Crippen LogP contribution in [-0.2, 0) is 0 Å². The summed E-state index contributed by atoms with van der Waals surface area (Å²) in [6.07, 6.45) is 3.45. The third-order valence-corrected chi connectivity index (χ3v) is 2.45. The molecule has 6 heteroatoms. The van der Waals surface area contributed by atoms with Crippen LogP contribution in [0.1, 0.15) is 25.3 Å². The molecule has 0 aromatic carbocycles. The van der Waals surface area contributed by atoms with Crippen LogP contribution < -0.4 is 5.32 Å². The summed E-state index contributed by atoms with van der Waals surface area (Å²) in [5, 5.41) is 10.9. The van der Waals surface area contributed by atoms with E-state index in [2.05, 4.69) is 20.5 Å². The minimum absolute atomic E-state index is 0.0118. The molecule has 1 N–H and O–H groups in total. The maximum absolute atomic E-state index is 13.0. The van der Waals surface area contributed by atoms with E-state index in [1.165, 1.54) is 12.3 Å². The monoisotopic (exact) mass is 236 g/mol. The van der Waals surface area contributed by atoms with Gasteiger partial charge in [-0.15, -0.1) is 10.2 Å². The quantitative estimate of drug-likeness (QED) is 0.878. The second-order valence-corrected chi connectivity index (χ2v) is 3.59. The number of rotatable bonds is 4. The number of pyridine rings is 1. The molecule has 1 unspecified atom stereocenters. The van der Waals surface area contributed by atoms with Gasteiger partial charge in [-0.3, -0.25) is 4.98 Å². The molecule has 0 fully saturated rings. The summed E-state index contributed by atoms with van der Waals surface area (Å²) in [6, 6.07) is 1.32. The largest absolute Gasteiger partial charge is 0.419 e. The van der Waals surface area contributed by atoms with E-state index in [0.29, 0.717) is 11.5 Å². The van der Waals surface area contributed by atoms with Crippen molar-refractivity contribution in [3.8, 4) is 11.5 Å². The summed E-state index contributed by atoms with van der Waals surface area (Å²) in [4.78, 5) is 3.74. The Kier molecular flexibility index (Phi) is 3.43. The zero-order valence-electron chi connectivity index (χ0n) is 9.64. The van der Waals surface area contributed by atoms with E-state index in [-0.39, 0.29) is 11.9 Å². The van der Waals surface area contributed by atoms with Gasteiger partial charge in [0.05, 0.1) is 17.8 Å². The fourth-order valence-corrected chi connectivity index (χ4v) is 1.52. The van der Waals surface area contributed by atoms with E-state index < -0.39 is 5.82 Å². The standard InChI is InChI=1S/C11H13FN4O/c1-3-9(13-2)11-16-15-10(17-11)7-4-8(12)6-14-5-7/h4-6,9,13H,3H2,1-2H3. The first-order chi connectivity index (χ1) is 8.24. The first kappa shape index (κ1) is 11.7. The van der Waals surface area contributed by atoms with Gasteiger partial charge in [-0.2, -0.15) is 0 Å². The van der Waals surface area contributed by atoms with Crippen molar-refractivity contribution in [3.63, 3.8) is 0 Å². The molecule has 2 aromatic heterocycles. The highest BCUT2D eigenvalue weighted by Crippen LogP contribution is 2.21. The van der Waals surface area contributed by atoms with Crippen LogP contribution in [0, 0.1) is 5.82 Å². The molecule has 0 aliphatic rings.